The number of rotatable bonds is 2. The van der Waals surface area contributed by atoms with E-state index in [0.29, 0.717) is 5.82 Å². The summed E-state index contributed by atoms with van der Waals surface area (Å²) in [7, 11) is 0. The van der Waals surface area contributed by atoms with Gasteiger partial charge in [0.25, 0.3) is 0 Å². The molecule has 0 radical (unpaired) electrons. The summed E-state index contributed by atoms with van der Waals surface area (Å²) in [6, 6.07) is 0. The average molecular weight is 135 g/mol. The lowest BCUT2D eigenvalue weighted by Crippen LogP contribution is -1.71. The third kappa shape index (κ3) is 0.978. The van der Waals surface area contributed by atoms with E-state index in [1.54, 1.807) is 6.20 Å². The highest BCUT2D eigenvalue weighted by Gasteiger charge is 2.01. The van der Waals surface area contributed by atoms with E-state index in [2.05, 4.69) is 28.5 Å². The number of nitrogens with zero attached hydrogens (tertiary/aromatic N) is 2. The largest absolute Gasteiger partial charge is 0.261 e. The van der Waals surface area contributed by atoms with Crippen molar-refractivity contribution >= 4 is 18.1 Å². The summed E-state index contributed by atoms with van der Waals surface area (Å²) in [4.78, 5) is 3.72. The van der Waals surface area contributed by atoms with Gasteiger partial charge in [-0.2, -0.15) is 5.10 Å². The Bertz CT molecular complexity index is 260. The first kappa shape index (κ1) is 6.74. The minimum atomic E-state index is 0.688. The lowest BCUT2D eigenvalue weighted by atomic mass is 10.2. The molecule has 0 atom stereocenters. The molecule has 52 valence electrons. The summed E-state index contributed by atoms with van der Waals surface area (Å²) in [6.45, 7) is 9.04. The van der Waals surface area contributed by atoms with Crippen molar-refractivity contribution < 1.29 is 0 Å². The van der Waals surface area contributed by atoms with E-state index in [-0.39, 0.29) is 0 Å². The second-order valence-corrected chi connectivity index (χ2v) is 2.07. The zero-order chi connectivity index (χ0) is 7.56. The van der Waals surface area contributed by atoms with E-state index in [1.807, 2.05) is 6.92 Å². The SMILES string of the molecule is C=Nc1[nH]ncc1C(=C)C. The van der Waals surface area contributed by atoms with E-state index >= 15 is 0 Å². The van der Waals surface area contributed by atoms with Crippen molar-refractivity contribution in [2.75, 3.05) is 0 Å². The van der Waals surface area contributed by atoms with Gasteiger partial charge in [-0.1, -0.05) is 6.58 Å². The molecule has 0 aliphatic rings. The van der Waals surface area contributed by atoms with Crippen LogP contribution in [0.4, 0.5) is 5.82 Å². The Morgan fingerprint density at radius 2 is 2.50 bits per heavy atom. The second kappa shape index (κ2) is 2.47. The topological polar surface area (TPSA) is 41.0 Å². The molecule has 0 saturated heterocycles. The predicted molar refractivity (Wildman–Crippen MR) is 42.5 cm³/mol. The van der Waals surface area contributed by atoms with Crippen molar-refractivity contribution in [2.24, 2.45) is 4.99 Å². The predicted octanol–water partition coefficient (Wildman–Crippen LogP) is 1.77. The standard InChI is InChI=1S/C7H9N3/c1-5(2)6-4-9-10-7(6)8-3/h4H,1,3H2,2H3,(H,9,10). The van der Waals surface area contributed by atoms with Crippen molar-refractivity contribution in [3.63, 3.8) is 0 Å². The number of nitrogens with one attached hydrogen (secondary N) is 1. The third-order valence-corrected chi connectivity index (χ3v) is 1.24. The van der Waals surface area contributed by atoms with Crippen LogP contribution in [0.15, 0.2) is 17.8 Å². The minimum absolute atomic E-state index is 0.688. The molecule has 1 aromatic heterocycles. The Hall–Kier alpha value is -1.38. The summed E-state index contributed by atoms with van der Waals surface area (Å²) < 4.78 is 0. The lowest BCUT2D eigenvalue weighted by Gasteiger charge is -1.92. The maximum absolute atomic E-state index is 3.79. The fraction of sp³-hybridized carbons (Fsp3) is 0.143. The van der Waals surface area contributed by atoms with Crippen molar-refractivity contribution in [3.05, 3.63) is 18.3 Å². The number of aromatic amines is 1. The summed E-state index contributed by atoms with van der Waals surface area (Å²) in [5.41, 5.74) is 1.87. The summed E-state index contributed by atoms with van der Waals surface area (Å²) in [5, 5.41) is 6.49. The van der Waals surface area contributed by atoms with Crippen molar-refractivity contribution in [1.29, 1.82) is 0 Å². The molecule has 1 aromatic rings. The first-order chi connectivity index (χ1) is 4.75. The number of aromatic nitrogens is 2. The number of allylic oxidation sites excluding steroid dienone is 1. The Morgan fingerprint density at radius 3 is 2.90 bits per heavy atom. The first-order valence-corrected chi connectivity index (χ1v) is 2.91. The van der Waals surface area contributed by atoms with Gasteiger partial charge in [-0.3, -0.25) is 5.10 Å². The van der Waals surface area contributed by atoms with Crippen LogP contribution in [0.25, 0.3) is 5.57 Å². The second-order valence-electron chi connectivity index (χ2n) is 2.07. The molecular weight excluding hydrogens is 126 g/mol. The molecule has 0 bridgehead atoms. The zero-order valence-electron chi connectivity index (χ0n) is 5.89. The zero-order valence-corrected chi connectivity index (χ0v) is 5.89. The molecule has 3 heteroatoms. The number of aliphatic imine (C=N–C) groups is 1. The van der Waals surface area contributed by atoms with Gasteiger partial charge in [0.1, 0.15) is 0 Å². The fourth-order valence-electron chi connectivity index (χ4n) is 0.712. The van der Waals surface area contributed by atoms with E-state index in [4.69, 9.17) is 0 Å². The lowest BCUT2D eigenvalue weighted by molar-refractivity contribution is 1.08. The molecule has 0 fully saturated rings. The van der Waals surface area contributed by atoms with Crippen LogP contribution in [0.2, 0.25) is 0 Å². The Balaban J connectivity index is 3.13. The van der Waals surface area contributed by atoms with Gasteiger partial charge in [-0.05, 0) is 19.2 Å². The monoisotopic (exact) mass is 135 g/mol. The molecule has 1 heterocycles. The van der Waals surface area contributed by atoms with Gasteiger partial charge in [0, 0.05) is 5.56 Å². The molecule has 1 rings (SSSR count). The van der Waals surface area contributed by atoms with Crippen LogP contribution in [0.3, 0.4) is 0 Å². The van der Waals surface area contributed by atoms with Gasteiger partial charge in [0.05, 0.1) is 6.20 Å². The molecule has 0 saturated carbocycles. The van der Waals surface area contributed by atoms with Gasteiger partial charge in [0.2, 0.25) is 0 Å². The molecule has 1 N–H and O–H groups in total. The van der Waals surface area contributed by atoms with Gasteiger partial charge in [-0.15, -0.1) is 0 Å². The normalized spacial score (nSPS) is 9.30. The van der Waals surface area contributed by atoms with Gasteiger partial charge < -0.3 is 0 Å². The summed E-state index contributed by atoms with van der Waals surface area (Å²) >= 11 is 0. The fourth-order valence-corrected chi connectivity index (χ4v) is 0.712. The maximum atomic E-state index is 3.79. The molecule has 0 aliphatic heterocycles. The maximum Gasteiger partial charge on any atom is 0.154 e. The van der Waals surface area contributed by atoms with Gasteiger partial charge in [-0.25, -0.2) is 4.99 Å². The molecule has 0 amide bonds. The van der Waals surface area contributed by atoms with Crippen LogP contribution < -0.4 is 0 Å². The quantitative estimate of drug-likeness (QED) is 0.617. The van der Waals surface area contributed by atoms with Crippen LogP contribution in [0.1, 0.15) is 12.5 Å². The van der Waals surface area contributed by atoms with Crippen LogP contribution in [0, 0.1) is 0 Å². The highest BCUT2D eigenvalue weighted by molar-refractivity contribution is 5.69. The van der Waals surface area contributed by atoms with E-state index in [1.165, 1.54) is 0 Å². The molecule has 0 spiro atoms. The van der Waals surface area contributed by atoms with Gasteiger partial charge >= 0.3 is 0 Å². The summed E-state index contributed by atoms with van der Waals surface area (Å²) in [6.07, 6.45) is 1.69. The number of hydrogen-bond acceptors (Lipinski definition) is 2. The van der Waals surface area contributed by atoms with E-state index in [0.717, 1.165) is 11.1 Å². The molecule has 0 aromatic carbocycles. The third-order valence-electron chi connectivity index (χ3n) is 1.24. The Labute approximate surface area is 59.5 Å². The summed E-state index contributed by atoms with van der Waals surface area (Å²) in [5.74, 6) is 0.688. The smallest absolute Gasteiger partial charge is 0.154 e. The van der Waals surface area contributed by atoms with Crippen LogP contribution in [-0.2, 0) is 0 Å². The first-order valence-electron chi connectivity index (χ1n) is 2.91. The molecule has 0 aliphatic carbocycles. The highest BCUT2D eigenvalue weighted by Crippen LogP contribution is 2.20. The van der Waals surface area contributed by atoms with E-state index in [9.17, 15) is 0 Å². The minimum Gasteiger partial charge on any atom is -0.261 e. The van der Waals surface area contributed by atoms with Crippen LogP contribution >= 0.6 is 0 Å². The van der Waals surface area contributed by atoms with Crippen molar-refractivity contribution in [2.45, 2.75) is 6.92 Å². The molecule has 10 heavy (non-hydrogen) atoms. The Kier molecular flexibility index (Phi) is 1.67. The average Bonchev–Trinajstić information content (AvgIpc) is 2.33. The van der Waals surface area contributed by atoms with Crippen LogP contribution in [0.5, 0.6) is 0 Å². The Morgan fingerprint density at radius 1 is 1.80 bits per heavy atom. The number of hydrogen-bond donors (Lipinski definition) is 1. The highest BCUT2D eigenvalue weighted by atomic mass is 15.2. The molecular formula is C7H9N3. The number of H-pyrrole nitrogens is 1. The van der Waals surface area contributed by atoms with Crippen molar-refractivity contribution in [3.8, 4) is 0 Å². The van der Waals surface area contributed by atoms with E-state index < -0.39 is 0 Å². The van der Waals surface area contributed by atoms with Crippen molar-refractivity contribution in [1.82, 2.24) is 10.2 Å². The molecule has 3 nitrogen and oxygen atoms in total. The van der Waals surface area contributed by atoms with Crippen LogP contribution in [-0.4, -0.2) is 16.9 Å². The van der Waals surface area contributed by atoms with Gasteiger partial charge in [0.15, 0.2) is 5.82 Å². The molecule has 0 unspecified atom stereocenters.